The normalized spacial score (nSPS) is 10.2. The fourth-order valence-electron chi connectivity index (χ4n) is 1.88. The molecule has 0 fully saturated rings. The number of benzene rings is 1. The SMILES string of the molecule is CCCCCCCc1ccccc1OC(C)=O. The number of hydrogen-bond acceptors (Lipinski definition) is 2. The van der Waals surface area contributed by atoms with Crippen molar-refractivity contribution < 1.29 is 9.53 Å². The Bertz CT molecular complexity index is 345. The van der Waals surface area contributed by atoms with E-state index in [4.69, 9.17) is 4.74 Å². The lowest BCUT2D eigenvalue weighted by atomic mass is 10.0. The summed E-state index contributed by atoms with van der Waals surface area (Å²) in [4.78, 5) is 11.0. The fraction of sp³-hybridized carbons (Fsp3) is 0.533. The van der Waals surface area contributed by atoms with Gasteiger partial charge in [0, 0.05) is 6.92 Å². The number of carbonyl (C=O) groups is 1. The summed E-state index contributed by atoms with van der Waals surface area (Å²) in [5.41, 5.74) is 1.14. The van der Waals surface area contributed by atoms with Gasteiger partial charge in [-0.3, -0.25) is 4.79 Å². The van der Waals surface area contributed by atoms with Crippen molar-refractivity contribution in [3.8, 4) is 5.75 Å². The van der Waals surface area contributed by atoms with Gasteiger partial charge >= 0.3 is 5.97 Å². The van der Waals surface area contributed by atoms with Crippen LogP contribution in [0.15, 0.2) is 24.3 Å². The van der Waals surface area contributed by atoms with E-state index in [-0.39, 0.29) is 5.97 Å². The van der Waals surface area contributed by atoms with Gasteiger partial charge in [0.15, 0.2) is 0 Å². The second kappa shape index (κ2) is 7.88. The summed E-state index contributed by atoms with van der Waals surface area (Å²) in [5, 5.41) is 0. The average molecular weight is 234 g/mol. The zero-order valence-electron chi connectivity index (χ0n) is 10.9. The van der Waals surface area contributed by atoms with Crippen LogP contribution >= 0.6 is 0 Å². The van der Waals surface area contributed by atoms with Crippen LogP contribution in [0.4, 0.5) is 0 Å². The molecule has 0 bridgehead atoms. The number of hydrogen-bond donors (Lipinski definition) is 0. The Balaban J connectivity index is 2.43. The van der Waals surface area contributed by atoms with Gasteiger partial charge in [0.25, 0.3) is 0 Å². The molecule has 0 N–H and O–H groups in total. The second-order valence-corrected chi connectivity index (χ2v) is 4.37. The van der Waals surface area contributed by atoms with Crippen molar-refractivity contribution in [3.63, 3.8) is 0 Å². The molecule has 17 heavy (non-hydrogen) atoms. The van der Waals surface area contributed by atoms with Gasteiger partial charge in [-0.2, -0.15) is 0 Å². The number of aryl methyl sites for hydroxylation is 1. The summed E-state index contributed by atoms with van der Waals surface area (Å²) in [7, 11) is 0. The maximum Gasteiger partial charge on any atom is 0.308 e. The molecule has 94 valence electrons. The molecule has 0 amide bonds. The fourth-order valence-corrected chi connectivity index (χ4v) is 1.88. The van der Waals surface area contributed by atoms with Crippen molar-refractivity contribution in [2.45, 2.75) is 52.4 Å². The van der Waals surface area contributed by atoms with Gasteiger partial charge in [-0.05, 0) is 24.5 Å². The molecule has 0 spiro atoms. The highest BCUT2D eigenvalue weighted by atomic mass is 16.5. The minimum absolute atomic E-state index is 0.247. The summed E-state index contributed by atoms with van der Waals surface area (Å²) in [6.45, 7) is 3.66. The van der Waals surface area contributed by atoms with E-state index >= 15 is 0 Å². The van der Waals surface area contributed by atoms with E-state index < -0.39 is 0 Å². The van der Waals surface area contributed by atoms with E-state index in [9.17, 15) is 4.79 Å². The lowest BCUT2D eigenvalue weighted by molar-refractivity contribution is -0.131. The minimum atomic E-state index is -0.247. The topological polar surface area (TPSA) is 26.3 Å². The van der Waals surface area contributed by atoms with Gasteiger partial charge in [-0.1, -0.05) is 50.8 Å². The van der Waals surface area contributed by atoms with E-state index in [1.165, 1.54) is 32.6 Å². The van der Waals surface area contributed by atoms with E-state index in [1.807, 2.05) is 24.3 Å². The quantitative estimate of drug-likeness (QED) is 0.403. The number of rotatable bonds is 7. The van der Waals surface area contributed by atoms with Gasteiger partial charge in [-0.15, -0.1) is 0 Å². The molecular formula is C15H22O2. The van der Waals surface area contributed by atoms with Crippen molar-refractivity contribution in [1.29, 1.82) is 0 Å². The molecule has 0 aromatic heterocycles. The highest BCUT2D eigenvalue weighted by molar-refractivity contribution is 5.69. The molecule has 0 saturated heterocycles. The molecule has 0 heterocycles. The number of esters is 1. The van der Waals surface area contributed by atoms with Gasteiger partial charge in [-0.25, -0.2) is 0 Å². The standard InChI is InChI=1S/C15H22O2/c1-3-4-5-6-7-10-14-11-8-9-12-15(14)17-13(2)16/h8-9,11-12H,3-7,10H2,1-2H3. The molecule has 0 aliphatic carbocycles. The third-order valence-electron chi connectivity index (χ3n) is 2.78. The minimum Gasteiger partial charge on any atom is -0.426 e. The van der Waals surface area contributed by atoms with Gasteiger partial charge in [0.05, 0.1) is 0 Å². The summed E-state index contributed by atoms with van der Waals surface area (Å²) in [5.74, 6) is 0.471. The molecule has 1 aromatic carbocycles. The zero-order chi connectivity index (χ0) is 12.5. The first-order chi connectivity index (χ1) is 8.24. The van der Waals surface area contributed by atoms with Gasteiger partial charge < -0.3 is 4.74 Å². The van der Waals surface area contributed by atoms with Crippen molar-refractivity contribution in [2.75, 3.05) is 0 Å². The Morgan fingerprint density at radius 2 is 1.82 bits per heavy atom. The van der Waals surface area contributed by atoms with Gasteiger partial charge in [0.2, 0.25) is 0 Å². The molecule has 1 aromatic rings. The Hall–Kier alpha value is -1.31. The van der Waals surface area contributed by atoms with Crippen LogP contribution in [0.1, 0.15) is 51.5 Å². The highest BCUT2D eigenvalue weighted by Gasteiger charge is 2.04. The lowest BCUT2D eigenvalue weighted by Gasteiger charge is -2.08. The molecule has 0 saturated carbocycles. The second-order valence-electron chi connectivity index (χ2n) is 4.37. The van der Waals surface area contributed by atoms with Crippen LogP contribution in [0, 0.1) is 0 Å². The van der Waals surface area contributed by atoms with E-state index in [2.05, 4.69) is 6.92 Å². The molecule has 1 rings (SSSR count). The molecule has 2 heteroatoms. The third-order valence-corrected chi connectivity index (χ3v) is 2.78. The maximum atomic E-state index is 11.0. The van der Waals surface area contributed by atoms with Crippen LogP contribution in [-0.2, 0) is 11.2 Å². The van der Waals surface area contributed by atoms with E-state index in [0.29, 0.717) is 0 Å². The third kappa shape index (κ3) is 5.53. The zero-order valence-corrected chi connectivity index (χ0v) is 10.9. The first kappa shape index (κ1) is 13.8. The molecule has 0 aliphatic rings. The molecule has 0 atom stereocenters. The van der Waals surface area contributed by atoms with Crippen LogP contribution in [0.3, 0.4) is 0 Å². The van der Waals surface area contributed by atoms with Crippen LogP contribution < -0.4 is 4.74 Å². The Morgan fingerprint density at radius 3 is 2.53 bits per heavy atom. The Kier molecular flexibility index (Phi) is 6.38. The van der Waals surface area contributed by atoms with E-state index in [1.54, 1.807) is 0 Å². The molecular weight excluding hydrogens is 212 g/mol. The number of carbonyl (C=O) groups excluding carboxylic acids is 1. The summed E-state index contributed by atoms with van der Waals surface area (Å²) in [6, 6.07) is 7.80. The van der Waals surface area contributed by atoms with Crippen molar-refractivity contribution in [1.82, 2.24) is 0 Å². The van der Waals surface area contributed by atoms with Crippen LogP contribution in [0.25, 0.3) is 0 Å². The Morgan fingerprint density at radius 1 is 1.12 bits per heavy atom. The predicted molar refractivity (Wildman–Crippen MR) is 70.2 cm³/mol. The van der Waals surface area contributed by atoms with E-state index in [0.717, 1.165) is 24.2 Å². The molecule has 0 unspecified atom stereocenters. The number of unbranched alkanes of at least 4 members (excludes halogenated alkanes) is 4. The van der Waals surface area contributed by atoms with Crippen LogP contribution in [0.2, 0.25) is 0 Å². The number of ether oxygens (including phenoxy) is 1. The Labute approximate surface area is 104 Å². The predicted octanol–water partition coefficient (Wildman–Crippen LogP) is 4.12. The lowest BCUT2D eigenvalue weighted by Crippen LogP contribution is -2.03. The first-order valence-corrected chi connectivity index (χ1v) is 6.50. The molecule has 0 radical (unpaired) electrons. The molecule has 0 aliphatic heterocycles. The van der Waals surface area contributed by atoms with Gasteiger partial charge in [0.1, 0.15) is 5.75 Å². The van der Waals surface area contributed by atoms with Crippen molar-refractivity contribution >= 4 is 5.97 Å². The largest absolute Gasteiger partial charge is 0.426 e. The van der Waals surface area contributed by atoms with Crippen molar-refractivity contribution in [2.24, 2.45) is 0 Å². The summed E-state index contributed by atoms with van der Waals surface area (Å²) >= 11 is 0. The number of para-hydroxylation sites is 1. The highest BCUT2D eigenvalue weighted by Crippen LogP contribution is 2.20. The van der Waals surface area contributed by atoms with Crippen LogP contribution in [0.5, 0.6) is 5.75 Å². The monoisotopic (exact) mass is 234 g/mol. The van der Waals surface area contributed by atoms with Crippen molar-refractivity contribution in [3.05, 3.63) is 29.8 Å². The smallest absolute Gasteiger partial charge is 0.308 e. The van der Waals surface area contributed by atoms with Crippen LogP contribution in [-0.4, -0.2) is 5.97 Å². The summed E-state index contributed by atoms with van der Waals surface area (Å²) in [6.07, 6.45) is 7.29. The summed E-state index contributed by atoms with van der Waals surface area (Å²) < 4.78 is 5.18. The first-order valence-electron chi connectivity index (χ1n) is 6.50. The average Bonchev–Trinajstić information content (AvgIpc) is 2.30. The molecule has 2 nitrogen and oxygen atoms in total. The maximum absolute atomic E-state index is 11.0.